The molecule has 8 atom stereocenters. The van der Waals surface area contributed by atoms with Gasteiger partial charge in [-0.3, -0.25) is 0 Å². The highest BCUT2D eigenvalue weighted by atomic mass is 16.2. The monoisotopic (exact) mass is 502 g/mol. The fraction of sp³-hybridized carbons (Fsp3) is 0.970. The van der Waals surface area contributed by atoms with E-state index in [1.165, 1.54) is 83.5 Å². The molecule has 0 aromatic carbocycles. The van der Waals surface area contributed by atoms with Crippen LogP contribution in [0.5, 0.6) is 0 Å². The molecular formula is C33H62N2O. The Morgan fingerprint density at radius 3 is 2.31 bits per heavy atom. The molecule has 0 aromatic heterocycles. The van der Waals surface area contributed by atoms with E-state index in [0.717, 1.165) is 61.6 Å². The molecule has 210 valence electrons. The standard InChI is InChI=1S/C30H52N2O.C2H6.CH4/c1-4-22-21-24-26-14-13-23(11-6-8-18-31-28(33)32-19-9-10-20-32)29(26,2)17-15-27(24)30(3)16-7-5-12-25(22)30;1-2;/h22-27H,4-21H2,1-3H3,(H,31,33);1-2H3;1H4/t22-,23?,24?,25?,26?,27-,29?,30?;;/m0../s1. The van der Waals surface area contributed by atoms with Gasteiger partial charge in [-0.05, 0) is 117 Å². The number of carbonyl (C=O) groups excluding carboxylic acids is 1. The number of nitrogens with one attached hydrogen (secondary N) is 1. The van der Waals surface area contributed by atoms with Gasteiger partial charge in [0, 0.05) is 19.6 Å². The summed E-state index contributed by atoms with van der Waals surface area (Å²) < 4.78 is 0. The Morgan fingerprint density at radius 1 is 0.861 bits per heavy atom. The molecular weight excluding hydrogens is 440 g/mol. The predicted molar refractivity (Wildman–Crippen MR) is 155 cm³/mol. The molecule has 5 rings (SSSR count). The van der Waals surface area contributed by atoms with E-state index < -0.39 is 0 Å². The molecule has 6 unspecified atom stereocenters. The van der Waals surface area contributed by atoms with Crippen LogP contribution in [-0.2, 0) is 0 Å². The second-order valence-corrected chi connectivity index (χ2v) is 13.4. The van der Waals surface area contributed by atoms with Crippen LogP contribution in [0, 0.1) is 46.3 Å². The molecule has 1 saturated heterocycles. The molecule has 3 heteroatoms. The Morgan fingerprint density at radius 2 is 1.58 bits per heavy atom. The van der Waals surface area contributed by atoms with Gasteiger partial charge in [-0.1, -0.05) is 67.7 Å². The molecule has 5 fully saturated rings. The lowest BCUT2D eigenvalue weighted by molar-refractivity contribution is -0.135. The second-order valence-electron chi connectivity index (χ2n) is 13.4. The van der Waals surface area contributed by atoms with Crippen molar-refractivity contribution < 1.29 is 4.79 Å². The van der Waals surface area contributed by atoms with Crippen molar-refractivity contribution in [2.75, 3.05) is 19.6 Å². The lowest BCUT2D eigenvalue weighted by Crippen LogP contribution is -2.55. The van der Waals surface area contributed by atoms with E-state index in [2.05, 4.69) is 26.1 Å². The number of rotatable bonds is 6. The van der Waals surface area contributed by atoms with Gasteiger partial charge >= 0.3 is 6.03 Å². The summed E-state index contributed by atoms with van der Waals surface area (Å²) in [5.74, 6) is 5.97. The van der Waals surface area contributed by atoms with E-state index >= 15 is 0 Å². The van der Waals surface area contributed by atoms with Gasteiger partial charge in [-0.2, -0.15) is 0 Å². The van der Waals surface area contributed by atoms with Gasteiger partial charge < -0.3 is 10.2 Å². The minimum atomic E-state index is 0. The summed E-state index contributed by atoms with van der Waals surface area (Å²) in [4.78, 5) is 14.2. The number of hydrogen-bond acceptors (Lipinski definition) is 1. The SMILES string of the molecule is C.CC.CC[C@H]1CC2C3CCC(CCCCNC(=O)N4CCCC4)C3(C)CC[C@@H]2C2(C)CCCCC12. The van der Waals surface area contributed by atoms with Gasteiger partial charge in [-0.15, -0.1) is 0 Å². The highest BCUT2D eigenvalue weighted by Crippen LogP contribution is 2.69. The average molecular weight is 503 g/mol. The number of carbonyl (C=O) groups is 1. The molecule has 2 amide bonds. The number of unbranched alkanes of at least 4 members (excludes halogenated alkanes) is 1. The van der Waals surface area contributed by atoms with Crippen LogP contribution in [0.4, 0.5) is 4.79 Å². The molecule has 0 bridgehead atoms. The van der Waals surface area contributed by atoms with Crippen molar-refractivity contribution in [3.8, 4) is 0 Å². The molecule has 1 heterocycles. The van der Waals surface area contributed by atoms with Crippen molar-refractivity contribution in [3.05, 3.63) is 0 Å². The molecule has 3 nitrogen and oxygen atoms in total. The van der Waals surface area contributed by atoms with Gasteiger partial charge in [0.15, 0.2) is 0 Å². The average Bonchev–Trinajstić information content (AvgIpc) is 3.52. The first-order valence-electron chi connectivity index (χ1n) is 16.0. The molecule has 4 saturated carbocycles. The van der Waals surface area contributed by atoms with Crippen LogP contribution in [-0.4, -0.2) is 30.6 Å². The van der Waals surface area contributed by atoms with Crippen molar-refractivity contribution in [1.29, 1.82) is 0 Å². The molecule has 4 aliphatic carbocycles. The number of nitrogens with zero attached hydrogens (tertiary/aromatic N) is 1. The van der Waals surface area contributed by atoms with E-state index in [1.54, 1.807) is 6.42 Å². The summed E-state index contributed by atoms with van der Waals surface area (Å²) in [7, 11) is 0. The molecule has 1 aliphatic heterocycles. The summed E-state index contributed by atoms with van der Waals surface area (Å²) in [5.41, 5.74) is 1.24. The summed E-state index contributed by atoms with van der Waals surface area (Å²) in [6.45, 7) is 14.7. The van der Waals surface area contributed by atoms with Crippen LogP contribution in [0.2, 0.25) is 0 Å². The van der Waals surface area contributed by atoms with Crippen LogP contribution >= 0.6 is 0 Å². The normalized spacial score (nSPS) is 41.2. The minimum absolute atomic E-state index is 0. The number of fused-ring (bicyclic) bond motifs is 5. The maximum Gasteiger partial charge on any atom is 0.317 e. The fourth-order valence-electron chi connectivity index (χ4n) is 10.3. The van der Waals surface area contributed by atoms with E-state index in [-0.39, 0.29) is 13.5 Å². The van der Waals surface area contributed by atoms with E-state index in [4.69, 9.17) is 0 Å². The second kappa shape index (κ2) is 12.9. The summed E-state index contributed by atoms with van der Waals surface area (Å²) >= 11 is 0. The molecule has 0 aromatic rings. The number of likely N-dealkylation sites (tertiary alicyclic amines) is 1. The lowest BCUT2D eigenvalue weighted by atomic mass is 9.42. The zero-order chi connectivity index (χ0) is 25.1. The first-order valence-corrected chi connectivity index (χ1v) is 16.0. The number of amides is 2. The predicted octanol–water partition coefficient (Wildman–Crippen LogP) is 9.31. The van der Waals surface area contributed by atoms with Crippen molar-refractivity contribution in [2.24, 2.45) is 46.3 Å². The number of hydrogen-bond donors (Lipinski definition) is 1. The first-order chi connectivity index (χ1) is 17.0. The molecule has 5 aliphatic rings. The highest BCUT2D eigenvalue weighted by molar-refractivity contribution is 5.74. The van der Waals surface area contributed by atoms with Crippen molar-refractivity contribution >= 4 is 6.03 Å². The number of urea groups is 1. The largest absolute Gasteiger partial charge is 0.338 e. The van der Waals surface area contributed by atoms with Crippen molar-refractivity contribution in [2.45, 2.75) is 138 Å². The topological polar surface area (TPSA) is 32.3 Å². The maximum absolute atomic E-state index is 12.2. The van der Waals surface area contributed by atoms with Crippen LogP contribution in [0.3, 0.4) is 0 Å². The van der Waals surface area contributed by atoms with Gasteiger partial charge in [0.1, 0.15) is 0 Å². The Balaban J connectivity index is 0.00000117. The molecule has 36 heavy (non-hydrogen) atoms. The van der Waals surface area contributed by atoms with E-state index in [0.29, 0.717) is 10.8 Å². The Kier molecular flexibility index (Phi) is 10.7. The third-order valence-electron chi connectivity index (χ3n) is 12.1. The zero-order valence-electron chi connectivity index (χ0n) is 24.0. The zero-order valence-corrected chi connectivity index (χ0v) is 24.0. The lowest BCUT2D eigenvalue weighted by Gasteiger charge is -2.62. The summed E-state index contributed by atoms with van der Waals surface area (Å²) in [6.07, 6.45) is 21.2. The van der Waals surface area contributed by atoms with E-state index in [9.17, 15) is 4.79 Å². The minimum Gasteiger partial charge on any atom is -0.338 e. The first kappa shape index (κ1) is 29.8. The van der Waals surface area contributed by atoms with Crippen LogP contribution in [0.25, 0.3) is 0 Å². The van der Waals surface area contributed by atoms with Gasteiger partial charge in [-0.25, -0.2) is 4.79 Å². The summed E-state index contributed by atoms with van der Waals surface area (Å²) in [5, 5.41) is 3.18. The Hall–Kier alpha value is -0.730. The van der Waals surface area contributed by atoms with Crippen molar-refractivity contribution in [3.63, 3.8) is 0 Å². The van der Waals surface area contributed by atoms with Gasteiger partial charge in [0.05, 0.1) is 0 Å². The van der Waals surface area contributed by atoms with Gasteiger partial charge in [0.25, 0.3) is 0 Å². The Labute approximate surface area is 225 Å². The fourth-order valence-corrected chi connectivity index (χ4v) is 10.3. The third-order valence-corrected chi connectivity index (χ3v) is 12.1. The van der Waals surface area contributed by atoms with E-state index in [1.807, 2.05) is 18.7 Å². The maximum atomic E-state index is 12.2. The van der Waals surface area contributed by atoms with Gasteiger partial charge in [0.2, 0.25) is 0 Å². The third kappa shape index (κ3) is 5.51. The Bertz CT molecular complexity index is 687. The molecule has 0 spiro atoms. The van der Waals surface area contributed by atoms with Crippen molar-refractivity contribution in [1.82, 2.24) is 10.2 Å². The van der Waals surface area contributed by atoms with Crippen LogP contribution in [0.1, 0.15) is 138 Å². The molecule has 0 radical (unpaired) electrons. The van der Waals surface area contributed by atoms with Crippen LogP contribution < -0.4 is 5.32 Å². The highest BCUT2D eigenvalue weighted by Gasteiger charge is 2.60. The molecule has 1 N–H and O–H groups in total. The van der Waals surface area contributed by atoms with Crippen LogP contribution in [0.15, 0.2) is 0 Å². The quantitative estimate of drug-likeness (QED) is 0.360. The summed E-state index contributed by atoms with van der Waals surface area (Å²) in [6, 6.07) is 0.177. The smallest absolute Gasteiger partial charge is 0.317 e.